The van der Waals surface area contributed by atoms with Crippen LogP contribution in [0.1, 0.15) is 53.6 Å². The molecule has 0 bridgehead atoms. The molecule has 1 aliphatic rings. The van der Waals surface area contributed by atoms with Crippen LogP contribution in [0.3, 0.4) is 0 Å². The summed E-state index contributed by atoms with van der Waals surface area (Å²) in [7, 11) is 0. The van der Waals surface area contributed by atoms with E-state index in [1.807, 2.05) is 26.0 Å². The van der Waals surface area contributed by atoms with Crippen LogP contribution in [0.5, 0.6) is 5.75 Å². The third kappa shape index (κ3) is 3.12. The molecule has 1 aromatic carbocycles. The summed E-state index contributed by atoms with van der Waals surface area (Å²) in [6.07, 6.45) is 7.55. The molecule has 1 fully saturated rings. The topological polar surface area (TPSA) is 26.3 Å². The highest BCUT2D eigenvalue weighted by molar-refractivity contribution is 5.76. The van der Waals surface area contributed by atoms with Crippen molar-refractivity contribution in [2.45, 2.75) is 46.0 Å². The molecule has 2 nitrogen and oxygen atoms in total. The Morgan fingerprint density at radius 1 is 1.17 bits per heavy atom. The minimum atomic E-state index is 0.711. The van der Waals surface area contributed by atoms with Gasteiger partial charge in [0, 0.05) is 5.56 Å². The Morgan fingerprint density at radius 2 is 1.78 bits per heavy atom. The molecule has 0 aliphatic heterocycles. The van der Waals surface area contributed by atoms with E-state index in [1.54, 1.807) is 0 Å². The highest BCUT2D eigenvalue weighted by Gasteiger charge is 2.15. The molecule has 0 N–H and O–H groups in total. The van der Waals surface area contributed by atoms with Gasteiger partial charge in [-0.15, -0.1) is 0 Å². The first-order valence-electron chi connectivity index (χ1n) is 6.90. The van der Waals surface area contributed by atoms with Crippen LogP contribution >= 0.6 is 0 Å². The van der Waals surface area contributed by atoms with Crippen LogP contribution < -0.4 is 4.74 Å². The molecule has 1 aliphatic carbocycles. The smallest absolute Gasteiger partial charge is 0.150 e. The van der Waals surface area contributed by atoms with E-state index in [4.69, 9.17) is 4.74 Å². The maximum Gasteiger partial charge on any atom is 0.150 e. The fraction of sp³-hybridized carbons (Fsp3) is 0.562. The van der Waals surface area contributed by atoms with Gasteiger partial charge in [0.2, 0.25) is 0 Å². The van der Waals surface area contributed by atoms with Gasteiger partial charge in [-0.05, 0) is 55.9 Å². The van der Waals surface area contributed by atoms with E-state index < -0.39 is 0 Å². The summed E-state index contributed by atoms with van der Waals surface area (Å²) in [6, 6.07) is 3.80. The number of ether oxygens (including phenoxy) is 1. The number of carbonyl (C=O) groups excluding carboxylic acids is 1. The van der Waals surface area contributed by atoms with Crippen molar-refractivity contribution in [1.29, 1.82) is 0 Å². The third-order valence-electron chi connectivity index (χ3n) is 3.81. The van der Waals surface area contributed by atoms with Gasteiger partial charge in [-0.25, -0.2) is 0 Å². The predicted molar refractivity (Wildman–Crippen MR) is 73.4 cm³/mol. The minimum absolute atomic E-state index is 0.711. The fourth-order valence-electron chi connectivity index (χ4n) is 2.83. The van der Waals surface area contributed by atoms with Crippen molar-refractivity contribution in [2.24, 2.45) is 5.92 Å². The zero-order chi connectivity index (χ0) is 13.0. The predicted octanol–water partition coefficient (Wildman–Crippen LogP) is 4.08. The standard InChI is InChI=1S/C16H22O2/c1-12-8-15(10-17)9-13(2)16(12)18-11-14-6-4-3-5-7-14/h8-10,14H,3-7,11H2,1-2H3. The number of rotatable bonds is 4. The lowest BCUT2D eigenvalue weighted by Crippen LogP contribution is -2.16. The van der Waals surface area contributed by atoms with Gasteiger partial charge >= 0.3 is 0 Å². The summed E-state index contributed by atoms with van der Waals surface area (Å²) >= 11 is 0. The van der Waals surface area contributed by atoms with Gasteiger partial charge in [-0.3, -0.25) is 4.79 Å². The minimum Gasteiger partial charge on any atom is -0.493 e. The van der Waals surface area contributed by atoms with Gasteiger partial charge in [0.1, 0.15) is 12.0 Å². The van der Waals surface area contributed by atoms with Crippen LogP contribution in [0, 0.1) is 19.8 Å². The highest BCUT2D eigenvalue weighted by Crippen LogP contribution is 2.28. The Bertz CT molecular complexity index is 394. The molecule has 0 aromatic heterocycles. The normalized spacial score (nSPS) is 16.6. The van der Waals surface area contributed by atoms with Crippen LogP contribution in [-0.4, -0.2) is 12.9 Å². The molecule has 0 amide bonds. The van der Waals surface area contributed by atoms with E-state index in [-0.39, 0.29) is 0 Å². The fourth-order valence-corrected chi connectivity index (χ4v) is 2.83. The van der Waals surface area contributed by atoms with Gasteiger partial charge in [0.05, 0.1) is 6.61 Å². The zero-order valence-electron chi connectivity index (χ0n) is 11.4. The monoisotopic (exact) mass is 246 g/mol. The number of carbonyl (C=O) groups is 1. The van der Waals surface area contributed by atoms with Crippen molar-refractivity contribution in [1.82, 2.24) is 0 Å². The SMILES string of the molecule is Cc1cc(C=O)cc(C)c1OCC1CCCCC1. The van der Waals surface area contributed by atoms with E-state index >= 15 is 0 Å². The molecule has 1 aromatic rings. The van der Waals surface area contributed by atoms with Crippen molar-refractivity contribution in [3.05, 3.63) is 28.8 Å². The van der Waals surface area contributed by atoms with E-state index in [0.717, 1.165) is 35.3 Å². The van der Waals surface area contributed by atoms with Crippen LogP contribution in [0.15, 0.2) is 12.1 Å². The lowest BCUT2D eigenvalue weighted by molar-refractivity contribution is 0.112. The molecule has 0 saturated heterocycles. The van der Waals surface area contributed by atoms with Crippen LogP contribution in [0.4, 0.5) is 0 Å². The summed E-state index contributed by atoms with van der Waals surface area (Å²) in [5.41, 5.74) is 2.86. The Kier molecular flexibility index (Phi) is 4.40. The molecular formula is C16H22O2. The molecule has 0 radical (unpaired) electrons. The molecule has 2 heteroatoms. The second kappa shape index (κ2) is 6.03. The molecule has 0 atom stereocenters. The van der Waals surface area contributed by atoms with Crippen molar-refractivity contribution in [3.63, 3.8) is 0 Å². The summed E-state index contributed by atoms with van der Waals surface area (Å²) in [4.78, 5) is 10.8. The van der Waals surface area contributed by atoms with Gasteiger partial charge in [0.15, 0.2) is 0 Å². The average molecular weight is 246 g/mol. The molecule has 1 saturated carbocycles. The van der Waals surface area contributed by atoms with E-state index in [9.17, 15) is 4.79 Å². The summed E-state index contributed by atoms with van der Waals surface area (Å²) in [5, 5.41) is 0. The maximum absolute atomic E-state index is 10.8. The summed E-state index contributed by atoms with van der Waals surface area (Å²) in [6.45, 7) is 4.84. The number of benzene rings is 1. The maximum atomic E-state index is 10.8. The quantitative estimate of drug-likeness (QED) is 0.748. The van der Waals surface area contributed by atoms with E-state index in [2.05, 4.69) is 0 Å². The van der Waals surface area contributed by atoms with E-state index in [0.29, 0.717) is 5.92 Å². The summed E-state index contributed by atoms with van der Waals surface area (Å²) in [5.74, 6) is 1.68. The van der Waals surface area contributed by atoms with Crippen LogP contribution in [-0.2, 0) is 0 Å². The Morgan fingerprint density at radius 3 is 2.33 bits per heavy atom. The van der Waals surface area contributed by atoms with Gasteiger partial charge in [-0.2, -0.15) is 0 Å². The largest absolute Gasteiger partial charge is 0.493 e. The second-order valence-electron chi connectivity index (χ2n) is 5.42. The number of hydrogen-bond acceptors (Lipinski definition) is 2. The van der Waals surface area contributed by atoms with Crippen LogP contribution in [0.25, 0.3) is 0 Å². The molecular weight excluding hydrogens is 224 g/mol. The van der Waals surface area contributed by atoms with E-state index in [1.165, 1.54) is 32.1 Å². The second-order valence-corrected chi connectivity index (χ2v) is 5.42. The lowest BCUT2D eigenvalue weighted by atomic mass is 9.90. The number of aryl methyl sites for hydroxylation is 2. The Hall–Kier alpha value is -1.31. The first-order valence-corrected chi connectivity index (χ1v) is 6.90. The molecule has 98 valence electrons. The number of hydrogen-bond donors (Lipinski definition) is 0. The first-order chi connectivity index (χ1) is 8.70. The van der Waals surface area contributed by atoms with Gasteiger partial charge in [-0.1, -0.05) is 19.3 Å². The van der Waals surface area contributed by atoms with Crippen molar-refractivity contribution in [2.75, 3.05) is 6.61 Å². The van der Waals surface area contributed by atoms with Gasteiger partial charge < -0.3 is 4.74 Å². The van der Waals surface area contributed by atoms with Crippen molar-refractivity contribution >= 4 is 6.29 Å². The molecule has 0 heterocycles. The Balaban J connectivity index is 2.02. The lowest BCUT2D eigenvalue weighted by Gasteiger charge is -2.23. The summed E-state index contributed by atoms with van der Waals surface area (Å²) < 4.78 is 5.99. The number of aldehydes is 1. The van der Waals surface area contributed by atoms with Crippen LogP contribution in [0.2, 0.25) is 0 Å². The third-order valence-corrected chi connectivity index (χ3v) is 3.81. The average Bonchev–Trinajstić information content (AvgIpc) is 2.38. The first kappa shape index (κ1) is 13.1. The molecule has 0 unspecified atom stereocenters. The van der Waals surface area contributed by atoms with Crippen molar-refractivity contribution < 1.29 is 9.53 Å². The molecule has 18 heavy (non-hydrogen) atoms. The van der Waals surface area contributed by atoms with Crippen molar-refractivity contribution in [3.8, 4) is 5.75 Å². The highest BCUT2D eigenvalue weighted by atomic mass is 16.5. The van der Waals surface area contributed by atoms with Gasteiger partial charge in [0.25, 0.3) is 0 Å². The molecule has 0 spiro atoms. The zero-order valence-corrected chi connectivity index (χ0v) is 11.4. The Labute approximate surface area is 109 Å². The molecule has 2 rings (SSSR count).